The quantitative estimate of drug-likeness (QED) is 0.822. The summed E-state index contributed by atoms with van der Waals surface area (Å²) in [6, 6.07) is 12.1. The van der Waals surface area contributed by atoms with E-state index in [4.69, 9.17) is 5.11 Å². The van der Waals surface area contributed by atoms with Gasteiger partial charge in [0.1, 0.15) is 0 Å². The molecule has 17 heavy (non-hydrogen) atoms. The van der Waals surface area contributed by atoms with Crippen molar-refractivity contribution in [3.8, 4) is 0 Å². The molecule has 2 aromatic rings. The van der Waals surface area contributed by atoms with E-state index in [0.29, 0.717) is 0 Å². The zero-order chi connectivity index (χ0) is 11.9. The minimum atomic E-state index is 0.110. The summed E-state index contributed by atoms with van der Waals surface area (Å²) in [5.41, 5.74) is 2.28. The van der Waals surface area contributed by atoms with Crippen molar-refractivity contribution in [1.29, 1.82) is 0 Å². The zero-order valence-corrected chi connectivity index (χ0v) is 10.4. The van der Waals surface area contributed by atoms with Gasteiger partial charge in [0.15, 0.2) is 0 Å². The van der Waals surface area contributed by atoms with Crippen molar-refractivity contribution in [3.63, 3.8) is 0 Å². The third-order valence-corrected chi connectivity index (χ3v) is 3.49. The van der Waals surface area contributed by atoms with Gasteiger partial charge in [-0.2, -0.15) is 0 Å². The Morgan fingerprint density at radius 2 is 1.88 bits per heavy atom. The largest absolute Gasteiger partial charge is 0.392 e. The molecule has 0 amide bonds. The maximum Gasteiger partial charge on any atom is 0.0682 e. The summed E-state index contributed by atoms with van der Waals surface area (Å²) in [7, 11) is 0. The van der Waals surface area contributed by atoms with E-state index in [1.165, 1.54) is 10.5 Å². The van der Waals surface area contributed by atoms with Crippen LogP contribution in [0.2, 0.25) is 0 Å². The Hall–Kier alpha value is -1.32. The highest BCUT2D eigenvalue weighted by Gasteiger charge is 1.97. The van der Waals surface area contributed by atoms with Gasteiger partial charge in [0, 0.05) is 23.0 Å². The third-order valence-electron chi connectivity index (χ3n) is 2.49. The Labute approximate surface area is 106 Å². The van der Waals surface area contributed by atoms with Crippen LogP contribution in [-0.2, 0) is 13.0 Å². The summed E-state index contributed by atoms with van der Waals surface area (Å²) in [6.07, 6.45) is 4.69. The number of thioether (sulfide) groups is 1. The molecule has 0 aliphatic heterocycles. The summed E-state index contributed by atoms with van der Waals surface area (Å²) in [5, 5.41) is 9.05. The van der Waals surface area contributed by atoms with Gasteiger partial charge >= 0.3 is 0 Å². The molecule has 0 saturated heterocycles. The first-order valence-corrected chi connectivity index (χ1v) is 6.58. The molecule has 1 aromatic carbocycles. The van der Waals surface area contributed by atoms with Crippen LogP contribution in [0.3, 0.4) is 0 Å². The number of hydrogen-bond acceptors (Lipinski definition) is 3. The van der Waals surface area contributed by atoms with E-state index in [-0.39, 0.29) is 6.61 Å². The summed E-state index contributed by atoms with van der Waals surface area (Å²) in [6.45, 7) is 0.110. The fourth-order valence-electron chi connectivity index (χ4n) is 1.57. The van der Waals surface area contributed by atoms with Crippen molar-refractivity contribution < 1.29 is 5.11 Å². The zero-order valence-electron chi connectivity index (χ0n) is 9.54. The van der Waals surface area contributed by atoms with Gasteiger partial charge in [0.2, 0.25) is 0 Å². The van der Waals surface area contributed by atoms with E-state index in [9.17, 15) is 0 Å². The minimum Gasteiger partial charge on any atom is -0.392 e. The number of aliphatic hydroxyl groups excluding tert-OH is 1. The molecule has 0 aliphatic carbocycles. The van der Waals surface area contributed by atoms with Gasteiger partial charge in [-0.25, -0.2) is 0 Å². The SMILES string of the molecule is OCc1cccc(SCCc2ccncc2)c1. The van der Waals surface area contributed by atoms with Gasteiger partial charge in [-0.3, -0.25) is 4.98 Å². The lowest BCUT2D eigenvalue weighted by molar-refractivity contribution is 0.281. The van der Waals surface area contributed by atoms with Crippen LogP contribution in [0, 0.1) is 0 Å². The number of pyridine rings is 1. The fraction of sp³-hybridized carbons (Fsp3) is 0.214. The highest BCUT2D eigenvalue weighted by Crippen LogP contribution is 2.20. The molecule has 0 spiro atoms. The molecule has 1 heterocycles. The average Bonchev–Trinajstić information content (AvgIpc) is 2.40. The number of aliphatic hydroxyl groups is 1. The van der Waals surface area contributed by atoms with E-state index >= 15 is 0 Å². The van der Waals surface area contributed by atoms with Crippen molar-refractivity contribution >= 4 is 11.8 Å². The highest BCUT2D eigenvalue weighted by molar-refractivity contribution is 7.99. The highest BCUT2D eigenvalue weighted by atomic mass is 32.2. The average molecular weight is 245 g/mol. The van der Waals surface area contributed by atoms with Gasteiger partial charge in [0.05, 0.1) is 6.61 Å². The van der Waals surface area contributed by atoms with Crippen molar-refractivity contribution in [1.82, 2.24) is 4.98 Å². The first-order valence-electron chi connectivity index (χ1n) is 5.60. The second-order valence-electron chi connectivity index (χ2n) is 3.76. The van der Waals surface area contributed by atoms with Gasteiger partial charge in [-0.1, -0.05) is 12.1 Å². The molecular formula is C14H15NOS. The molecule has 0 unspecified atom stereocenters. The second kappa shape index (κ2) is 6.42. The minimum absolute atomic E-state index is 0.110. The summed E-state index contributed by atoms with van der Waals surface area (Å²) in [4.78, 5) is 5.21. The number of benzene rings is 1. The van der Waals surface area contributed by atoms with Gasteiger partial charge < -0.3 is 5.11 Å². The molecule has 1 N–H and O–H groups in total. The number of rotatable bonds is 5. The fourth-order valence-corrected chi connectivity index (χ4v) is 2.55. The molecule has 0 aliphatic rings. The van der Waals surface area contributed by atoms with Crippen LogP contribution in [0.15, 0.2) is 53.7 Å². The lowest BCUT2D eigenvalue weighted by atomic mass is 10.2. The van der Waals surface area contributed by atoms with Crippen LogP contribution in [0.25, 0.3) is 0 Å². The molecule has 2 rings (SSSR count). The maximum absolute atomic E-state index is 9.05. The first-order chi connectivity index (χ1) is 8.38. The van der Waals surface area contributed by atoms with Crippen LogP contribution in [0.5, 0.6) is 0 Å². The van der Waals surface area contributed by atoms with E-state index in [1.807, 2.05) is 54.5 Å². The number of hydrogen-bond donors (Lipinski definition) is 1. The Morgan fingerprint density at radius 3 is 2.65 bits per heavy atom. The van der Waals surface area contributed by atoms with Crippen LogP contribution >= 0.6 is 11.8 Å². The first kappa shape index (κ1) is 12.1. The predicted octanol–water partition coefficient (Wildman–Crippen LogP) is 2.91. The van der Waals surface area contributed by atoms with Crippen molar-refractivity contribution in [3.05, 3.63) is 59.9 Å². The van der Waals surface area contributed by atoms with Crippen molar-refractivity contribution in [2.75, 3.05) is 5.75 Å². The topological polar surface area (TPSA) is 33.1 Å². The molecule has 0 saturated carbocycles. The molecule has 0 fully saturated rings. The predicted molar refractivity (Wildman–Crippen MR) is 71.0 cm³/mol. The smallest absolute Gasteiger partial charge is 0.0682 e. The monoisotopic (exact) mass is 245 g/mol. The molecular weight excluding hydrogens is 230 g/mol. The van der Waals surface area contributed by atoms with E-state index in [2.05, 4.69) is 11.1 Å². The molecule has 2 nitrogen and oxygen atoms in total. The Morgan fingerprint density at radius 1 is 1.06 bits per heavy atom. The van der Waals surface area contributed by atoms with E-state index in [0.717, 1.165) is 17.7 Å². The number of nitrogens with zero attached hydrogens (tertiary/aromatic N) is 1. The Kier molecular flexibility index (Phi) is 4.59. The van der Waals surface area contributed by atoms with Crippen LogP contribution in [-0.4, -0.2) is 15.8 Å². The van der Waals surface area contributed by atoms with E-state index in [1.54, 1.807) is 0 Å². The van der Waals surface area contributed by atoms with Crippen LogP contribution < -0.4 is 0 Å². The summed E-state index contributed by atoms with van der Waals surface area (Å²) >= 11 is 1.81. The van der Waals surface area contributed by atoms with Crippen LogP contribution in [0.4, 0.5) is 0 Å². The van der Waals surface area contributed by atoms with E-state index < -0.39 is 0 Å². The number of aromatic nitrogens is 1. The standard InChI is InChI=1S/C14H15NOS/c16-11-13-2-1-3-14(10-13)17-9-6-12-4-7-15-8-5-12/h1-5,7-8,10,16H,6,9,11H2. The molecule has 88 valence electrons. The van der Waals surface area contributed by atoms with Crippen LogP contribution in [0.1, 0.15) is 11.1 Å². The summed E-state index contributed by atoms with van der Waals surface area (Å²) < 4.78 is 0. The molecule has 0 atom stereocenters. The Balaban J connectivity index is 1.86. The van der Waals surface area contributed by atoms with Crippen molar-refractivity contribution in [2.45, 2.75) is 17.9 Å². The lowest BCUT2D eigenvalue weighted by Gasteiger charge is -2.03. The van der Waals surface area contributed by atoms with Gasteiger partial charge in [-0.15, -0.1) is 11.8 Å². The van der Waals surface area contributed by atoms with Gasteiger partial charge in [0.25, 0.3) is 0 Å². The molecule has 1 aromatic heterocycles. The summed E-state index contributed by atoms with van der Waals surface area (Å²) in [5.74, 6) is 1.04. The molecule has 3 heteroatoms. The molecule has 0 bridgehead atoms. The second-order valence-corrected chi connectivity index (χ2v) is 4.93. The number of aryl methyl sites for hydroxylation is 1. The normalized spacial score (nSPS) is 10.4. The Bertz CT molecular complexity index is 459. The van der Waals surface area contributed by atoms with Crippen molar-refractivity contribution in [2.24, 2.45) is 0 Å². The lowest BCUT2D eigenvalue weighted by Crippen LogP contribution is -1.89. The third kappa shape index (κ3) is 3.88. The maximum atomic E-state index is 9.05. The van der Waals surface area contributed by atoms with Gasteiger partial charge in [-0.05, 0) is 41.8 Å². The molecule has 0 radical (unpaired) electrons.